The van der Waals surface area contributed by atoms with Gasteiger partial charge in [-0.2, -0.15) is 0 Å². The van der Waals surface area contributed by atoms with E-state index >= 15 is 0 Å². The highest BCUT2D eigenvalue weighted by molar-refractivity contribution is 5.93. The van der Waals surface area contributed by atoms with Crippen LogP contribution in [0.1, 0.15) is 36.7 Å². The first-order valence-electron chi connectivity index (χ1n) is 6.00. The zero-order valence-electron chi connectivity index (χ0n) is 10.2. The van der Waals surface area contributed by atoms with Crippen molar-refractivity contribution in [1.29, 1.82) is 0 Å². The number of pyridine rings is 1. The summed E-state index contributed by atoms with van der Waals surface area (Å²) in [4.78, 5) is 28.8. The molecule has 1 aromatic rings. The minimum absolute atomic E-state index is 0.0400. The van der Waals surface area contributed by atoms with Crippen molar-refractivity contribution < 1.29 is 14.0 Å². The summed E-state index contributed by atoms with van der Waals surface area (Å²) in [7, 11) is 0. The number of hydrogen-bond acceptors (Lipinski definition) is 3. The SMILES string of the molecule is CC(=O)CC1CCCN1C(=O)c1ccc(F)cn1. The van der Waals surface area contributed by atoms with Gasteiger partial charge in [0, 0.05) is 19.0 Å². The van der Waals surface area contributed by atoms with Crippen molar-refractivity contribution in [2.45, 2.75) is 32.2 Å². The first kappa shape index (κ1) is 12.7. The second-order valence-electron chi connectivity index (χ2n) is 4.56. The summed E-state index contributed by atoms with van der Waals surface area (Å²) in [5.74, 6) is -0.612. The maximum absolute atomic E-state index is 12.7. The molecule has 1 amide bonds. The molecular weight excluding hydrogens is 235 g/mol. The summed E-state index contributed by atoms with van der Waals surface area (Å²) in [6.07, 6.45) is 3.15. The predicted molar refractivity (Wildman–Crippen MR) is 63.6 cm³/mol. The third-order valence-electron chi connectivity index (χ3n) is 3.11. The van der Waals surface area contributed by atoms with Gasteiger partial charge in [0.05, 0.1) is 6.20 Å². The van der Waals surface area contributed by atoms with Crippen molar-refractivity contribution in [3.63, 3.8) is 0 Å². The molecule has 0 saturated carbocycles. The van der Waals surface area contributed by atoms with Crippen molar-refractivity contribution >= 4 is 11.7 Å². The molecule has 0 aliphatic carbocycles. The number of likely N-dealkylation sites (tertiary alicyclic amines) is 1. The topological polar surface area (TPSA) is 50.3 Å². The molecule has 1 atom stereocenters. The number of Topliss-reactive ketones (excluding diaryl/α,β-unsaturated/α-hetero) is 1. The van der Waals surface area contributed by atoms with Gasteiger partial charge in [0.15, 0.2) is 0 Å². The van der Waals surface area contributed by atoms with E-state index in [2.05, 4.69) is 4.98 Å². The third-order valence-corrected chi connectivity index (χ3v) is 3.11. The highest BCUT2D eigenvalue weighted by Crippen LogP contribution is 2.22. The van der Waals surface area contributed by atoms with E-state index in [0.29, 0.717) is 13.0 Å². The Morgan fingerprint density at radius 2 is 2.28 bits per heavy atom. The van der Waals surface area contributed by atoms with E-state index in [1.165, 1.54) is 19.1 Å². The van der Waals surface area contributed by atoms with E-state index in [4.69, 9.17) is 0 Å². The smallest absolute Gasteiger partial charge is 0.272 e. The lowest BCUT2D eigenvalue weighted by Gasteiger charge is -2.23. The van der Waals surface area contributed by atoms with Crippen LogP contribution in [0.25, 0.3) is 0 Å². The van der Waals surface area contributed by atoms with Crippen LogP contribution in [0.3, 0.4) is 0 Å². The Labute approximate surface area is 105 Å². The van der Waals surface area contributed by atoms with Crippen LogP contribution < -0.4 is 0 Å². The molecule has 1 saturated heterocycles. The Hall–Kier alpha value is -1.78. The lowest BCUT2D eigenvalue weighted by molar-refractivity contribution is -0.117. The zero-order valence-corrected chi connectivity index (χ0v) is 10.2. The molecule has 5 heteroatoms. The van der Waals surface area contributed by atoms with Gasteiger partial charge < -0.3 is 4.90 Å². The summed E-state index contributed by atoms with van der Waals surface area (Å²) in [6, 6.07) is 2.55. The van der Waals surface area contributed by atoms with Gasteiger partial charge in [-0.3, -0.25) is 9.59 Å². The molecule has 18 heavy (non-hydrogen) atoms. The number of nitrogens with zero attached hydrogens (tertiary/aromatic N) is 2. The molecular formula is C13H15FN2O2. The lowest BCUT2D eigenvalue weighted by atomic mass is 10.1. The van der Waals surface area contributed by atoms with E-state index in [1.54, 1.807) is 4.90 Å². The van der Waals surface area contributed by atoms with Gasteiger partial charge in [0.25, 0.3) is 5.91 Å². The number of amides is 1. The fraction of sp³-hybridized carbons (Fsp3) is 0.462. The number of carbonyl (C=O) groups is 2. The van der Waals surface area contributed by atoms with Gasteiger partial charge in [-0.1, -0.05) is 0 Å². The maximum atomic E-state index is 12.7. The molecule has 1 aromatic heterocycles. The summed E-state index contributed by atoms with van der Waals surface area (Å²) in [5, 5.41) is 0. The minimum atomic E-state index is -0.465. The molecule has 2 rings (SSSR count). The summed E-state index contributed by atoms with van der Waals surface area (Å²) < 4.78 is 12.7. The Morgan fingerprint density at radius 1 is 1.50 bits per heavy atom. The number of hydrogen-bond donors (Lipinski definition) is 0. The van der Waals surface area contributed by atoms with Crippen LogP contribution in [0, 0.1) is 5.82 Å². The number of ketones is 1. The summed E-state index contributed by atoms with van der Waals surface area (Å²) in [6.45, 7) is 2.16. The highest BCUT2D eigenvalue weighted by Gasteiger charge is 2.30. The summed E-state index contributed by atoms with van der Waals surface area (Å²) >= 11 is 0. The Morgan fingerprint density at radius 3 is 2.89 bits per heavy atom. The Bertz CT molecular complexity index is 459. The molecule has 0 bridgehead atoms. The standard InChI is InChI=1S/C13H15FN2O2/c1-9(17)7-11-3-2-6-16(11)13(18)12-5-4-10(14)8-15-12/h4-5,8,11H,2-3,6-7H2,1H3. The molecule has 1 aliphatic heterocycles. The summed E-state index contributed by atoms with van der Waals surface area (Å²) in [5.41, 5.74) is 0.229. The van der Waals surface area contributed by atoms with Crippen LogP contribution in [-0.4, -0.2) is 34.2 Å². The monoisotopic (exact) mass is 250 g/mol. The van der Waals surface area contributed by atoms with E-state index in [-0.39, 0.29) is 23.4 Å². The fourth-order valence-electron chi connectivity index (χ4n) is 2.30. The normalized spacial score (nSPS) is 19.0. The van der Waals surface area contributed by atoms with Crippen LogP contribution in [0.4, 0.5) is 4.39 Å². The van der Waals surface area contributed by atoms with Crippen molar-refractivity contribution in [1.82, 2.24) is 9.88 Å². The van der Waals surface area contributed by atoms with Gasteiger partial charge in [-0.25, -0.2) is 9.37 Å². The van der Waals surface area contributed by atoms with Gasteiger partial charge in [0.2, 0.25) is 0 Å². The maximum Gasteiger partial charge on any atom is 0.272 e. The molecule has 0 aromatic carbocycles. The van der Waals surface area contributed by atoms with Gasteiger partial charge in [-0.05, 0) is 31.9 Å². The second kappa shape index (κ2) is 5.25. The number of rotatable bonds is 3. The number of halogens is 1. The van der Waals surface area contributed by atoms with Crippen molar-refractivity contribution in [3.05, 3.63) is 29.8 Å². The molecule has 4 nitrogen and oxygen atoms in total. The molecule has 0 radical (unpaired) electrons. The largest absolute Gasteiger partial charge is 0.334 e. The van der Waals surface area contributed by atoms with Crippen molar-refractivity contribution in [2.24, 2.45) is 0 Å². The average molecular weight is 250 g/mol. The molecule has 1 fully saturated rings. The van der Waals surface area contributed by atoms with E-state index in [9.17, 15) is 14.0 Å². The van der Waals surface area contributed by atoms with Crippen LogP contribution in [0.2, 0.25) is 0 Å². The van der Waals surface area contributed by atoms with Gasteiger partial charge >= 0.3 is 0 Å². The average Bonchev–Trinajstić information content (AvgIpc) is 2.76. The molecule has 0 spiro atoms. The van der Waals surface area contributed by atoms with E-state index in [1.807, 2.05) is 0 Å². The van der Waals surface area contributed by atoms with Crippen LogP contribution in [-0.2, 0) is 4.79 Å². The van der Waals surface area contributed by atoms with Crippen LogP contribution >= 0.6 is 0 Å². The van der Waals surface area contributed by atoms with E-state index < -0.39 is 5.82 Å². The fourth-order valence-corrected chi connectivity index (χ4v) is 2.30. The van der Waals surface area contributed by atoms with E-state index in [0.717, 1.165) is 19.0 Å². The van der Waals surface area contributed by atoms with Crippen molar-refractivity contribution in [2.75, 3.05) is 6.54 Å². The first-order valence-corrected chi connectivity index (χ1v) is 6.00. The zero-order chi connectivity index (χ0) is 13.1. The molecule has 0 N–H and O–H groups in total. The lowest BCUT2D eigenvalue weighted by Crippen LogP contribution is -2.37. The third kappa shape index (κ3) is 2.72. The van der Waals surface area contributed by atoms with Gasteiger partial charge in [-0.15, -0.1) is 0 Å². The van der Waals surface area contributed by atoms with Crippen LogP contribution in [0.15, 0.2) is 18.3 Å². The minimum Gasteiger partial charge on any atom is -0.334 e. The molecule has 1 aliphatic rings. The molecule has 1 unspecified atom stereocenters. The predicted octanol–water partition coefficient (Wildman–Crippen LogP) is 1.80. The second-order valence-corrected chi connectivity index (χ2v) is 4.56. The van der Waals surface area contributed by atoms with Crippen LogP contribution in [0.5, 0.6) is 0 Å². The Balaban J connectivity index is 2.12. The molecule has 2 heterocycles. The quantitative estimate of drug-likeness (QED) is 0.822. The molecule has 96 valence electrons. The first-order chi connectivity index (χ1) is 8.58. The number of carbonyl (C=O) groups excluding carboxylic acids is 2. The number of aromatic nitrogens is 1. The Kier molecular flexibility index (Phi) is 3.69. The highest BCUT2D eigenvalue weighted by atomic mass is 19.1. The van der Waals surface area contributed by atoms with Gasteiger partial charge in [0.1, 0.15) is 17.3 Å². The van der Waals surface area contributed by atoms with Crippen molar-refractivity contribution in [3.8, 4) is 0 Å².